The summed E-state index contributed by atoms with van der Waals surface area (Å²) in [5, 5.41) is 30.5. The monoisotopic (exact) mass is 1100 g/mol. The van der Waals surface area contributed by atoms with Crippen molar-refractivity contribution in [3.8, 4) is 0 Å². The van der Waals surface area contributed by atoms with Crippen molar-refractivity contribution in [1.29, 1.82) is 0 Å². The van der Waals surface area contributed by atoms with Crippen molar-refractivity contribution in [3.63, 3.8) is 0 Å². The van der Waals surface area contributed by atoms with Crippen LogP contribution in [0.2, 0.25) is 18.1 Å². The van der Waals surface area contributed by atoms with Crippen molar-refractivity contribution in [3.05, 3.63) is 113 Å². The van der Waals surface area contributed by atoms with E-state index >= 15 is 9.59 Å². The lowest BCUT2D eigenvalue weighted by atomic mass is 9.44. The summed E-state index contributed by atoms with van der Waals surface area (Å²) in [6.07, 6.45) is -9.46. The number of ether oxygens (including phenoxy) is 7. The Morgan fingerprint density at radius 2 is 1.47 bits per heavy atom. The van der Waals surface area contributed by atoms with Gasteiger partial charge in [-0.2, -0.15) is 0 Å². The Bertz CT molecular complexity index is 2640. The van der Waals surface area contributed by atoms with Gasteiger partial charge in [0.2, 0.25) is 4.93 Å². The summed E-state index contributed by atoms with van der Waals surface area (Å²) in [5.41, 5.74) is -7.68. The summed E-state index contributed by atoms with van der Waals surface area (Å²) in [6.45, 7) is 22.5. The van der Waals surface area contributed by atoms with Gasteiger partial charge in [0.15, 0.2) is 26.0 Å². The number of aliphatic hydroxyl groups excluding tert-OH is 1. The molecule has 77 heavy (non-hydrogen) atoms. The van der Waals surface area contributed by atoms with E-state index in [9.17, 15) is 24.6 Å². The molecule has 12 atom stereocenters. The Hall–Kier alpha value is -4.92. The average molecular weight is 1100 g/mol. The Balaban J connectivity index is 1.50. The van der Waals surface area contributed by atoms with Crippen LogP contribution >= 0.6 is 11.8 Å². The third-order valence-electron chi connectivity index (χ3n) is 16.7. The van der Waals surface area contributed by atoms with Crippen LogP contribution in [-0.2, 0) is 52.0 Å². The molecule has 1 amide bonds. The summed E-state index contributed by atoms with van der Waals surface area (Å²) in [6, 6.07) is 26.5. The fraction of sp³-hybridized carbons (Fsp3) is 0.576. The van der Waals surface area contributed by atoms with Gasteiger partial charge in [0.1, 0.15) is 41.7 Å². The minimum Gasteiger partial charge on any atom is -0.455 e. The summed E-state index contributed by atoms with van der Waals surface area (Å²) in [5.74, 6) is -4.76. The number of benzene rings is 3. The zero-order chi connectivity index (χ0) is 56.5. The van der Waals surface area contributed by atoms with Crippen molar-refractivity contribution in [1.82, 2.24) is 5.32 Å². The first-order valence-corrected chi connectivity index (χ1v) is 30.3. The lowest BCUT2D eigenvalue weighted by Crippen LogP contribution is -2.82. The van der Waals surface area contributed by atoms with Crippen LogP contribution in [0.3, 0.4) is 0 Å². The molecule has 1 aliphatic heterocycles. The predicted molar refractivity (Wildman–Crippen MR) is 291 cm³/mol. The molecule has 2 saturated carbocycles. The lowest BCUT2D eigenvalue weighted by Gasteiger charge is -2.68. The number of ketones is 1. The topological polar surface area (TPSA) is 212 Å². The highest BCUT2D eigenvalue weighted by molar-refractivity contribution is 8.01. The first kappa shape index (κ1) is 59.7. The number of esters is 3. The van der Waals surface area contributed by atoms with Crippen LogP contribution in [0.25, 0.3) is 0 Å². The van der Waals surface area contributed by atoms with Crippen LogP contribution in [-0.4, -0.2) is 120 Å². The number of nitrogens with one attached hydrogen (secondary N) is 1. The van der Waals surface area contributed by atoms with E-state index in [1.807, 2.05) is 6.07 Å². The molecule has 4 aliphatic rings. The quantitative estimate of drug-likeness (QED) is 0.0255. The molecule has 0 radical (unpaired) electrons. The first-order chi connectivity index (χ1) is 36.2. The molecule has 18 heteroatoms. The molecule has 7 rings (SSSR count). The van der Waals surface area contributed by atoms with Gasteiger partial charge in [0.25, 0.3) is 0 Å². The molecular weight excluding hydrogens is 1020 g/mol. The van der Waals surface area contributed by atoms with Crippen LogP contribution in [0.5, 0.6) is 0 Å². The van der Waals surface area contributed by atoms with Crippen molar-refractivity contribution < 1.29 is 71.8 Å². The van der Waals surface area contributed by atoms with Crippen LogP contribution in [0, 0.1) is 16.7 Å². The number of aliphatic hydroxyl groups is 2. The fourth-order valence-electron chi connectivity index (χ4n) is 12.4. The zero-order valence-electron chi connectivity index (χ0n) is 46.8. The molecule has 3 aliphatic carbocycles. The maximum atomic E-state index is 16.2. The molecule has 16 nitrogen and oxygen atoms in total. The standard InChI is InChI=1S/C59H79NO15SSi/c1-14-68-38(7)73-59(76-41-31-25-20-26-32-41,48(39-27-21-18-22-28-39)60-53(66)74-54(8,9)10)52(65)70-42-34-58(67)50(71-51(64)40-29-23-19-24-30-40)47-56(13,49(63)46(62)45(36(42)5)55(58,11)12)43(75-77(15-2,16-3)17-4)33-44-57(47,35-69-44)72-37(6)61/h18-32,38,42-44,46-48,50,62,67H,14-17,33-35H2,1-13H3,(H,60,66)/t38?,42-,43-,44+,46+,47?,48-,50?,56+,57-,58+,59+/m0/s1. The van der Waals surface area contributed by atoms with Gasteiger partial charge in [-0.1, -0.05) is 113 Å². The largest absolute Gasteiger partial charge is 0.455 e. The second-order valence-corrected chi connectivity index (χ2v) is 28.6. The molecule has 3 aromatic rings. The fourth-order valence-corrected chi connectivity index (χ4v) is 16.7. The second-order valence-electron chi connectivity index (χ2n) is 22.6. The van der Waals surface area contributed by atoms with Gasteiger partial charge >= 0.3 is 24.0 Å². The van der Waals surface area contributed by atoms with Gasteiger partial charge in [-0.15, -0.1) is 0 Å². The van der Waals surface area contributed by atoms with E-state index in [1.54, 1.807) is 147 Å². The number of rotatable bonds is 19. The Labute approximate surface area is 458 Å². The van der Waals surface area contributed by atoms with Crippen LogP contribution < -0.4 is 5.32 Å². The molecule has 2 bridgehead atoms. The minimum absolute atomic E-state index is 0.0307. The van der Waals surface area contributed by atoms with E-state index < -0.39 is 126 Å². The van der Waals surface area contributed by atoms with Crippen molar-refractivity contribution in [2.24, 2.45) is 16.7 Å². The third-order valence-corrected chi connectivity index (χ3v) is 22.6. The number of hydrogen-bond donors (Lipinski definition) is 3. The molecule has 0 aromatic heterocycles. The van der Waals surface area contributed by atoms with E-state index in [-0.39, 0.29) is 36.3 Å². The highest BCUT2D eigenvalue weighted by Gasteiger charge is 2.78. The predicted octanol–water partition coefficient (Wildman–Crippen LogP) is 9.82. The first-order valence-electron chi connectivity index (χ1n) is 26.9. The number of carbonyl (C=O) groups is 5. The number of fused-ring (bicyclic) bond motifs is 5. The maximum Gasteiger partial charge on any atom is 0.408 e. The molecule has 0 spiro atoms. The van der Waals surface area contributed by atoms with E-state index in [0.717, 1.165) is 11.8 Å². The van der Waals surface area contributed by atoms with Gasteiger partial charge in [-0.25, -0.2) is 14.4 Å². The van der Waals surface area contributed by atoms with E-state index in [0.29, 0.717) is 28.6 Å². The molecular formula is C59H79NO15SSi. The van der Waals surface area contributed by atoms with Gasteiger partial charge in [-0.05, 0) is 108 Å². The Morgan fingerprint density at radius 1 is 0.883 bits per heavy atom. The smallest absolute Gasteiger partial charge is 0.408 e. The Morgan fingerprint density at radius 3 is 2.00 bits per heavy atom. The maximum absolute atomic E-state index is 16.2. The van der Waals surface area contributed by atoms with Crippen LogP contribution in [0.15, 0.2) is 107 Å². The summed E-state index contributed by atoms with van der Waals surface area (Å²) >= 11 is 0.953. The van der Waals surface area contributed by atoms with Gasteiger partial charge in [-0.3, -0.25) is 9.59 Å². The van der Waals surface area contributed by atoms with Crippen molar-refractivity contribution in [2.75, 3.05) is 13.2 Å². The second kappa shape index (κ2) is 23.0. The number of amides is 1. The van der Waals surface area contributed by atoms with E-state index in [2.05, 4.69) is 26.1 Å². The Kier molecular flexibility index (Phi) is 17.9. The van der Waals surface area contributed by atoms with Gasteiger partial charge in [0, 0.05) is 36.7 Å². The van der Waals surface area contributed by atoms with Crippen LogP contribution in [0.1, 0.15) is 125 Å². The normalized spacial score (nSPS) is 29.4. The molecule has 420 valence electrons. The number of alkyl carbamates (subject to hydrolysis) is 1. The summed E-state index contributed by atoms with van der Waals surface area (Å²) in [4.78, 5) is 73.2. The SMILES string of the molecule is CCOC(C)O[C@](Sc1ccccc1)(C(=O)O[C@H]1C[C@@]2(O)C(OC(=O)c3ccccc3)C3[C@](C)(C(=O)[C@H](O)C(=C1C)C2(C)C)[C@@H](O[Si](CC)(CC)CC)C[C@H]1OC[C@@]31OC(C)=O)[C@@H](NC(=O)OC(C)(C)C)c1ccccc1. The molecule has 1 heterocycles. The number of Topliss-reactive ketones (excluding diaryl/α,β-unsaturated/α-hetero) is 1. The van der Waals surface area contributed by atoms with Crippen LogP contribution in [0.4, 0.5) is 4.79 Å². The molecule has 3 fully saturated rings. The zero-order valence-corrected chi connectivity index (χ0v) is 48.7. The highest BCUT2D eigenvalue weighted by Crippen LogP contribution is 2.65. The van der Waals surface area contributed by atoms with E-state index in [4.69, 9.17) is 37.6 Å². The summed E-state index contributed by atoms with van der Waals surface area (Å²) in [7, 11) is -2.63. The lowest BCUT2D eigenvalue weighted by molar-refractivity contribution is -0.344. The summed E-state index contributed by atoms with van der Waals surface area (Å²) < 4.78 is 52.3. The molecule has 3 N–H and O–H groups in total. The van der Waals surface area contributed by atoms with Gasteiger partial charge in [0.05, 0.1) is 29.6 Å². The number of thioether (sulfide) groups is 1. The van der Waals surface area contributed by atoms with Crippen molar-refractivity contribution >= 4 is 49.9 Å². The molecule has 3 aromatic carbocycles. The average Bonchev–Trinajstić information content (AvgIpc) is 3.42. The third kappa shape index (κ3) is 11.2. The molecule has 1 saturated heterocycles. The minimum atomic E-state index is -2.63. The van der Waals surface area contributed by atoms with Crippen molar-refractivity contribution in [2.45, 2.75) is 190 Å². The molecule has 3 unspecified atom stereocenters. The number of hydrogen-bond acceptors (Lipinski definition) is 16. The number of carbonyl (C=O) groups excluding carboxylic acids is 5. The van der Waals surface area contributed by atoms with E-state index in [1.165, 1.54) is 6.92 Å². The highest BCUT2D eigenvalue weighted by atomic mass is 32.2. The van der Waals surface area contributed by atoms with Gasteiger partial charge < -0.3 is 53.1 Å².